The minimum atomic E-state index is -0.0694. The van der Waals surface area contributed by atoms with Crippen LogP contribution in [0, 0.1) is 17.9 Å². The van der Waals surface area contributed by atoms with Gasteiger partial charge in [-0.3, -0.25) is 4.79 Å². The zero-order valence-corrected chi connectivity index (χ0v) is 5.71. The molecule has 53 valence electrons. The van der Waals surface area contributed by atoms with Gasteiger partial charge in [-0.1, -0.05) is 0 Å². The van der Waals surface area contributed by atoms with Crippen LogP contribution in [0.3, 0.4) is 0 Å². The van der Waals surface area contributed by atoms with E-state index in [4.69, 9.17) is 5.26 Å². The van der Waals surface area contributed by atoms with Crippen molar-refractivity contribution in [1.29, 1.82) is 5.26 Å². The Morgan fingerprint density at radius 1 is 1.80 bits per heavy atom. The van der Waals surface area contributed by atoms with Gasteiger partial charge in [0.25, 0.3) is 0 Å². The average Bonchev–Trinajstić information content (AvgIpc) is 2.38. The Morgan fingerprint density at radius 2 is 2.60 bits per heavy atom. The lowest BCUT2D eigenvalue weighted by atomic mass is 10.4. The van der Waals surface area contributed by atoms with E-state index in [9.17, 15) is 4.79 Å². The van der Waals surface area contributed by atoms with Crippen molar-refractivity contribution in [1.82, 2.24) is 4.90 Å². The molecule has 0 atom stereocenters. The van der Waals surface area contributed by atoms with E-state index in [1.807, 2.05) is 12.6 Å². The highest BCUT2D eigenvalue weighted by molar-refractivity contribution is 5.79. The van der Waals surface area contributed by atoms with Crippen LogP contribution in [-0.4, -0.2) is 17.4 Å². The number of carbonyl (C=O) groups is 1. The van der Waals surface area contributed by atoms with Gasteiger partial charge in [0.1, 0.15) is 6.42 Å². The summed E-state index contributed by atoms with van der Waals surface area (Å²) < 4.78 is 0. The summed E-state index contributed by atoms with van der Waals surface area (Å²) in [6.07, 6.45) is 2.02. The summed E-state index contributed by atoms with van der Waals surface area (Å²) in [4.78, 5) is 12.5. The van der Waals surface area contributed by atoms with Crippen LogP contribution in [0.2, 0.25) is 0 Å². The Kier molecular flexibility index (Phi) is 2.27. The first-order valence-corrected chi connectivity index (χ1v) is 3.34. The Hall–Kier alpha value is -1.04. The van der Waals surface area contributed by atoms with E-state index in [1.165, 1.54) is 0 Å². The molecule has 0 N–H and O–H groups in total. The normalized spacial score (nSPS) is 16.9. The van der Waals surface area contributed by atoms with Crippen molar-refractivity contribution in [3.8, 4) is 6.07 Å². The van der Waals surface area contributed by atoms with E-state index < -0.39 is 0 Å². The van der Waals surface area contributed by atoms with Gasteiger partial charge in [-0.25, -0.2) is 0 Å². The van der Waals surface area contributed by atoms with Crippen LogP contribution in [0.15, 0.2) is 0 Å². The first-order chi connectivity index (χ1) is 4.84. The molecule has 0 aromatic heterocycles. The van der Waals surface area contributed by atoms with Gasteiger partial charge in [-0.05, 0) is 12.8 Å². The minimum Gasteiger partial charge on any atom is -0.337 e. The largest absolute Gasteiger partial charge is 0.337 e. The van der Waals surface area contributed by atoms with Crippen molar-refractivity contribution in [2.45, 2.75) is 19.3 Å². The summed E-state index contributed by atoms with van der Waals surface area (Å²) >= 11 is 0. The van der Waals surface area contributed by atoms with Crippen molar-refractivity contribution >= 4 is 5.91 Å². The lowest BCUT2D eigenvalue weighted by Gasteiger charge is -2.11. The number of hydrogen-bond donors (Lipinski definition) is 0. The smallest absolute Gasteiger partial charge is 0.237 e. The lowest BCUT2D eigenvalue weighted by Crippen LogP contribution is -2.23. The fraction of sp³-hybridized carbons (Fsp3) is 0.571. The molecule has 1 saturated heterocycles. The summed E-state index contributed by atoms with van der Waals surface area (Å²) in [7, 11) is 0. The highest BCUT2D eigenvalue weighted by Gasteiger charge is 2.16. The third kappa shape index (κ3) is 1.47. The van der Waals surface area contributed by atoms with Gasteiger partial charge in [0.05, 0.1) is 12.6 Å². The van der Waals surface area contributed by atoms with Crippen molar-refractivity contribution in [3.05, 3.63) is 6.54 Å². The number of nitrogens with zero attached hydrogens (tertiary/aromatic N) is 2. The van der Waals surface area contributed by atoms with E-state index >= 15 is 0 Å². The van der Waals surface area contributed by atoms with Crippen molar-refractivity contribution in [2.75, 3.05) is 6.54 Å². The minimum absolute atomic E-state index is 0.0104. The number of likely N-dealkylation sites (tertiary alicyclic amines) is 1. The second-order valence-electron chi connectivity index (χ2n) is 2.25. The van der Waals surface area contributed by atoms with E-state index in [1.54, 1.807) is 4.90 Å². The van der Waals surface area contributed by atoms with Crippen LogP contribution in [-0.2, 0) is 4.79 Å². The Morgan fingerprint density at radius 3 is 3.10 bits per heavy atom. The van der Waals surface area contributed by atoms with Crippen LogP contribution in [0.1, 0.15) is 19.3 Å². The predicted octanol–water partition coefficient (Wildman–Crippen LogP) is 0.684. The zero-order valence-electron chi connectivity index (χ0n) is 5.71. The molecular formula is C7H9N2O. The Bertz CT molecular complexity index is 165. The number of nitriles is 1. The van der Waals surface area contributed by atoms with Crippen molar-refractivity contribution < 1.29 is 4.79 Å². The Labute approximate surface area is 60.2 Å². The maximum Gasteiger partial charge on any atom is 0.237 e. The van der Waals surface area contributed by atoms with E-state index in [2.05, 4.69) is 0 Å². The van der Waals surface area contributed by atoms with E-state index in [0.29, 0.717) is 0 Å². The zero-order chi connectivity index (χ0) is 7.40. The van der Waals surface area contributed by atoms with Gasteiger partial charge in [-0.15, -0.1) is 0 Å². The quantitative estimate of drug-likeness (QED) is 0.533. The van der Waals surface area contributed by atoms with Crippen LogP contribution < -0.4 is 0 Å². The third-order valence-corrected chi connectivity index (χ3v) is 1.50. The summed E-state index contributed by atoms with van der Waals surface area (Å²) in [5.74, 6) is -0.0694. The van der Waals surface area contributed by atoms with Gasteiger partial charge >= 0.3 is 0 Å². The molecular weight excluding hydrogens is 128 g/mol. The highest BCUT2D eigenvalue weighted by atomic mass is 16.2. The maximum absolute atomic E-state index is 10.9. The van der Waals surface area contributed by atoms with Crippen molar-refractivity contribution in [2.24, 2.45) is 0 Å². The van der Waals surface area contributed by atoms with Gasteiger partial charge in [0.15, 0.2) is 0 Å². The second kappa shape index (κ2) is 3.21. The topological polar surface area (TPSA) is 44.1 Å². The van der Waals surface area contributed by atoms with Crippen molar-refractivity contribution in [3.63, 3.8) is 0 Å². The summed E-state index contributed by atoms with van der Waals surface area (Å²) in [5, 5.41) is 8.19. The molecule has 0 spiro atoms. The van der Waals surface area contributed by atoms with E-state index in [0.717, 1.165) is 19.4 Å². The number of carbonyl (C=O) groups excluding carboxylic acids is 1. The summed E-state index contributed by atoms with van der Waals surface area (Å²) in [6.45, 7) is 2.65. The molecule has 1 rings (SSSR count). The molecule has 1 heterocycles. The number of rotatable bonds is 1. The molecule has 0 unspecified atom stereocenters. The maximum atomic E-state index is 10.9. The first kappa shape index (κ1) is 7.07. The monoisotopic (exact) mass is 137 g/mol. The molecule has 1 amide bonds. The molecule has 0 aromatic carbocycles. The average molecular weight is 137 g/mol. The molecule has 0 aliphatic carbocycles. The molecule has 1 radical (unpaired) electrons. The van der Waals surface area contributed by atoms with Crippen LogP contribution in [0.25, 0.3) is 0 Å². The molecule has 0 aromatic rings. The molecule has 1 fully saturated rings. The third-order valence-electron chi connectivity index (χ3n) is 1.50. The number of amides is 1. The molecule has 1 aliphatic rings. The SMILES string of the molecule is N#CCC(=O)N1[CH]CCC1. The first-order valence-electron chi connectivity index (χ1n) is 3.34. The molecule has 3 heteroatoms. The standard InChI is InChI=1S/C7H9N2O/c8-4-3-7(10)9-5-1-2-6-9/h5H,1-3,6H2. The Balaban J connectivity index is 2.34. The van der Waals surface area contributed by atoms with Crippen LogP contribution in [0.4, 0.5) is 0 Å². The van der Waals surface area contributed by atoms with E-state index in [-0.39, 0.29) is 12.3 Å². The highest BCUT2D eigenvalue weighted by Crippen LogP contribution is 2.12. The summed E-state index contributed by atoms with van der Waals surface area (Å²) in [6, 6.07) is 1.83. The molecule has 0 saturated carbocycles. The van der Waals surface area contributed by atoms with Crippen LogP contribution in [0.5, 0.6) is 0 Å². The van der Waals surface area contributed by atoms with Gasteiger partial charge < -0.3 is 4.90 Å². The molecule has 1 aliphatic heterocycles. The molecule has 10 heavy (non-hydrogen) atoms. The second-order valence-corrected chi connectivity index (χ2v) is 2.25. The van der Waals surface area contributed by atoms with Gasteiger partial charge in [0.2, 0.25) is 5.91 Å². The summed E-state index contributed by atoms with van der Waals surface area (Å²) in [5.41, 5.74) is 0. The fourth-order valence-electron chi connectivity index (χ4n) is 0.996. The lowest BCUT2D eigenvalue weighted by molar-refractivity contribution is -0.127. The number of hydrogen-bond acceptors (Lipinski definition) is 2. The molecule has 3 nitrogen and oxygen atoms in total. The molecule has 0 bridgehead atoms. The van der Waals surface area contributed by atoms with Gasteiger partial charge in [-0.2, -0.15) is 5.26 Å². The van der Waals surface area contributed by atoms with Crippen LogP contribution >= 0.6 is 0 Å². The fourth-order valence-corrected chi connectivity index (χ4v) is 0.996. The van der Waals surface area contributed by atoms with Gasteiger partial charge in [0, 0.05) is 6.54 Å². The predicted molar refractivity (Wildman–Crippen MR) is 35.5 cm³/mol.